The highest BCUT2D eigenvalue weighted by molar-refractivity contribution is 7.18. The minimum atomic E-state index is 0.527. The van der Waals surface area contributed by atoms with E-state index < -0.39 is 0 Å². The molecule has 0 bridgehead atoms. The van der Waals surface area contributed by atoms with E-state index in [1.807, 2.05) is 19.1 Å². The first-order chi connectivity index (χ1) is 6.27. The number of nitrogens with one attached hydrogen (secondary N) is 1. The summed E-state index contributed by atoms with van der Waals surface area (Å²) in [6.45, 7) is 1.85. The zero-order valence-electron chi connectivity index (χ0n) is 7.11. The van der Waals surface area contributed by atoms with Crippen molar-refractivity contribution in [2.45, 2.75) is 6.92 Å². The molecule has 3 nitrogen and oxygen atoms in total. The molecule has 0 fully saturated rings. The van der Waals surface area contributed by atoms with Gasteiger partial charge in [-0.2, -0.15) is 0 Å². The summed E-state index contributed by atoms with van der Waals surface area (Å²) in [4.78, 5) is 8.28. The molecule has 13 heavy (non-hydrogen) atoms. The van der Waals surface area contributed by atoms with E-state index in [1.54, 1.807) is 12.4 Å². The van der Waals surface area contributed by atoms with Gasteiger partial charge in [0, 0.05) is 18.0 Å². The zero-order valence-corrected chi connectivity index (χ0v) is 7.93. The molecule has 1 N–H and O–H groups in total. The van der Waals surface area contributed by atoms with Crippen molar-refractivity contribution in [1.82, 2.24) is 15.7 Å². The lowest BCUT2D eigenvalue weighted by Gasteiger charge is -1.91. The predicted octanol–water partition coefficient (Wildman–Crippen LogP) is 2.43. The third kappa shape index (κ3) is 1.53. The predicted molar refractivity (Wildman–Crippen MR) is 52.8 cm³/mol. The van der Waals surface area contributed by atoms with Gasteiger partial charge in [0.25, 0.3) is 0 Å². The topological polar surface area (TPSA) is 49.6 Å². The third-order valence-electron chi connectivity index (χ3n) is 1.71. The number of pyridine rings is 1. The van der Waals surface area contributed by atoms with Crippen LogP contribution in [0.25, 0.3) is 10.6 Å². The standard InChI is InChI=1S/C9H8N3S/c1-6-8(10)13-9(12-6)7-3-2-4-11-5-7/h2-5,10H,1H3. The van der Waals surface area contributed by atoms with Gasteiger partial charge in [-0.15, -0.1) is 0 Å². The van der Waals surface area contributed by atoms with Gasteiger partial charge in [0.15, 0.2) is 0 Å². The molecule has 2 heterocycles. The average Bonchev–Trinajstić information content (AvgIpc) is 2.49. The average molecular weight is 190 g/mol. The van der Waals surface area contributed by atoms with E-state index in [1.165, 1.54) is 11.3 Å². The van der Waals surface area contributed by atoms with Gasteiger partial charge >= 0.3 is 0 Å². The second kappa shape index (κ2) is 3.14. The zero-order chi connectivity index (χ0) is 9.26. The van der Waals surface area contributed by atoms with Crippen LogP contribution in [0.2, 0.25) is 0 Å². The van der Waals surface area contributed by atoms with Crippen LogP contribution < -0.4 is 5.73 Å². The second-order valence-electron chi connectivity index (χ2n) is 2.68. The molecule has 0 saturated heterocycles. The molecule has 2 aromatic rings. The molecule has 2 rings (SSSR count). The fourth-order valence-electron chi connectivity index (χ4n) is 1.01. The van der Waals surface area contributed by atoms with Crippen LogP contribution in [0.15, 0.2) is 24.5 Å². The van der Waals surface area contributed by atoms with Crippen LogP contribution >= 0.6 is 11.3 Å². The van der Waals surface area contributed by atoms with Gasteiger partial charge in [-0.05, 0) is 19.1 Å². The number of nitrogens with zero attached hydrogens (tertiary/aromatic N) is 2. The second-order valence-corrected chi connectivity index (χ2v) is 3.67. The lowest BCUT2D eigenvalue weighted by atomic mass is 10.3. The summed E-state index contributed by atoms with van der Waals surface area (Å²) in [7, 11) is 0. The Labute approximate surface area is 80.3 Å². The summed E-state index contributed by atoms with van der Waals surface area (Å²) in [5.41, 5.74) is 9.29. The van der Waals surface area contributed by atoms with Crippen LogP contribution in [-0.4, -0.2) is 9.97 Å². The maximum absolute atomic E-state index is 7.53. The van der Waals surface area contributed by atoms with Gasteiger partial charge in [0.1, 0.15) is 10.0 Å². The Morgan fingerprint density at radius 1 is 1.46 bits per heavy atom. The lowest BCUT2D eigenvalue weighted by molar-refractivity contribution is 1.24. The number of thiazole rings is 1. The Balaban J connectivity index is 2.48. The van der Waals surface area contributed by atoms with Crippen molar-refractivity contribution in [2.24, 2.45) is 0 Å². The smallest absolute Gasteiger partial charge is 0.131 e. The Morgan fingerprint density at radius 3 is 2.85 bits per heavy atom. The molecule has 0 saturated carbocycles. The van der Waals surface area contributed by atoms with Gasteiger partial charge in [0.2, 0.25) is 0 Å². The van der Waals surface area contributed by atoms with E-state index in [9.17, 15) is 0 Å². The van der Waals surface area contributed by atoms with Crippen LogP contribution in [0.3, 0.4) is 0 Å². The Kier molecular flexibility index (Phi) is 1.98. The number of hydrogen-bond donors (Lipinski definition) is 0. The fourth-order valence-corrected chi connectivity index (χ4v) is 1.82. The largest absolute Gasteiger partial charge is 0.289 e. The molecule has 0 unspecified atom stereocenters. The number of aryl methyl sites for hydroxylation is 1. The highest BCUT2D eigenvalue weighted by Crippen LogP contribution is 2.29. The van der Waals surface area contributed by atoms with Crippen molar-refractivity contribution in [3.8, 4) is 10.6 Å². The summed E-state index contributed by atoms with van der Waals surface area (Å²) >= 11 is 1.38. The molecular formula is C9H8N3S. The van der Waals surface area contributed by atoms with Crippen molar-refractivity contribution in [1.29, 1.82) is 0 Å². The first-order valence-electron chi connectivity index (χ1n) is 3.87. The number of rotatable bonds is 1. The summed E-state index contributed by atoms with van der Waals surface area (Å²) in [5.74, 6) is 0. The lowest BCUT2D eigenvalue weighted by Crippen LogP contribution is -1.77. The highest BCUT2D eigenvalue weighted by Gasteiger charge is 2.06. The molecule has 0 aliphatic heterocycles. The Hall–Kier alpha value is -1.42. The van der Waals surface area contributed by atoms with Crippen LogP contribution in [0.1, 0.15) is 5.69 Å². The molecule has 0 aromatic carbocycles. The molecule has 65 valence electrons. The molecule has 0 spiro atoms. The van der Waals surface area contributed by atoms with Crippen molar-refractivity contribution in [3.05, 3.63) is 30.2 Å². The van der Waals surface area contributed by atoms with E-state index in [0.29, 0.717) is 5.00 Å². The van der Waals surface area contributed by atoms with Crippen LogP contribution in [-0.2, 0) is 0 Å². The maximum Gasteiger partial charge on any atom is 0.131 e. The number of aromatic nitrogens is 2. The van der Waals surface area contributed by atoms with Crippen LogP contribution in [0.4, 0.5) is 5.00 Å². The Bertz CT molecular complexity index is 389. The van der Waals surface area contributed by atoms with E-state index in [4.69, 9.17) is 5.73 Å². The molecule has 0 atom stereocenters. The maximum atomic E-state index is 7.53. The van der Waals surface area contributed by atoms with Crippen molar-refractivity contribution >= 4 is 16.3 Å². The van der Waals surface area contributed by atoms with Gasteiger partial charge in [-0.25, -0.2) is 4.98 Å². The monoisotopic (exact) mass is 190 g/mol. The SMILES string of the molecule is Cc1nc(-c2cccnc2)sc1[NH]. The first kappa shape index (κ1) is 8.19. The summed E-state index contributed by atoms with van der Waals surface area (Å²) < 4.78 is 0. The van der Waals surface area contributed by atoms with Gasteiger partial charge in [0.05, 0.1) is 5.69 Å². The first-order valence-corrected chi connectivity index (χ1v) is 4.68. The summed E-state index contributed by atoms with van der Waals surface area (Å²) in [5, 5.41) is 1.40. The van der Waals surface area contributed by atoms with Gasteiger partial charge in [-0.3, -0.25) is 10.7 Å². The molecule has 0 amide bonds. The van der Waals surface area contributed by atoms with Crippen molar-refractivity contribution < 1.29 is 0 Å². The fraction of sp³-hybridized carbons (Fsp3) is 0.111. The number of hydrogen-bond acceptors (Lipinski definition) is 3. The molecule has 2 aromatic heterocycles. The normalized spacial score (nSPS) is 10.2. The summed E-state index contributed by atoms with van der Waals surface area (Å²) in [6, 6.07) is 3.82. The van der Waals surface area contributed by atoms with E-state index in [0.717, 1.165) is 16.3 Å². The third-order valence-corrected chi connectivity index (χ3v) is 2.72. The molecular weight excluding hydrogens is 182 g/mol. The van der Waals surface area contributed by atoms with Crippen LogP contribution in [0, 0.1) is 6.92 Å². The molecule has 0 aliphatic carbocycles. The quantitative estimate of drug-likeness (QED) is 0.693. The van der Waals surface area contributed by atoms with Crippen molar-refractivity contribution in [2.75, 3.05) is 0 Å². The van der Waals surface area contributed by atoms with E-state index in [-0.39, 0.29) is 0 Å². The summed E-state index contributed by atoms with van der Waals surface area (Å²) in [6.07, 6.45) is 3.49. The molecule has 0 aliphatic rings. The minimum Gasteiger partial charge on any atom is -0.289 e. The van der Waals surface area contributed by atoms with Gasteiger partial charge < -0.3 is 0 Å². The van der Waals surface area contributed by atoms with Gasteiger partial charge in [-0.1, -0.05) is 11.3 Å². The minimum absolute atomic E-state index is 0.527. The van der Waals surface area contributed by atoms with E-state index in [2.05, 4.69) is 9.97 Å². The van der Waals surface area contributed by atoms with E-state index >= 15 is 0 Å². The van der Waals surface area contributed by atoms with Crippen molar-refractivity contribution in [3.63, 3.8) is 0 Å². The van der Waals surface area contributed by atoms with Crippen LogP contribution in [0.5, 0.6) is 0 Å². The highest BCUT2D eigenvalue weighted by atomic mass is 32.1. The molecule has 1 radical (unpaired) electrons. The Morgan fingerprint density at radius 2 is 2.31 bits per heavy atom. The molecule has 4 heteroatoms.